The summed E-state index contributed by atoms with van der Waals surface area (Å²) in [5.74, 6) is 0. The van der Waals surface area contributed by atoms with Gasteiger partial charge < -0.3 is 4.98 Å². The minimum atomic E-state index is -2.74. The standard InChI is InChI=1S/C13H11ClF2N4OS/c1-7-11(6-20(18-7)13(15)16)19-22(21)12-5-17-10-4-8(14)2-3-9(10)12/h2-6,13,17,19H,1H3. The predicted octanol–water partition coefficient (Wildman–Crippen LogP) is 3.86. The van der Waals surface area contributed by atoms with Crippen LogP contribution in [0.4, 0.5) is 14.5 Å². The third-order valence-corrected chi connectivity index (χ3v) is 4.50. The molecule has 0 bridgehead atoms. The van der Waals surface area contributed by atoms with Gasteiger partial charge in [-0.15, -0.1) is 0 Å². The van der Waals surface area contributed by atoms with Crippen molar-refractivity contribution in [3.05, 3.63) is 41.3 Å². The van der Waals surface area contributed by atoms with E-state index in [0.717, 1.165) is 17.1 Å². The summed E-state index contributed by atoms with van der Waals surface area (Å²) in [5.41, 5.74) is 1.39. The first-order valence-corrected chi connectivity index (χ1v) is 7.77. The van der Waals surface area contributed by atoms with Gasteiger partial charge >= 0.3 is 6.55 Å². The summed E-state index contributed by atoms with van der Waals surface area (Å²) in [5, 5.41) is 4.97. The number of aromatic nitrogens is 3. The van der Waals surface area contributed by atoms with Crippen molar-refractivity contribution in [1.82, 2.24) is 14.8 Å². The van der Waals surface area contributed by atoms with Crippen LogP contribution in [0.5, 0.6) is 0 Å². The maximum Gasteiger partial charge on any atom is 0.333 e. The molecule has 1 atom stereocenters. The van der Waals surface area contributed by atoms with Gasteiger partial charge in [0, 0.05) is 22.1 Å². The first-order valence-electron chi connectivity index (χ1n) is 6.24. The first-order chi connectivity index (χ1) is 10.5. The van der Waals surface area contributed by atoms with Crippen molar-refractivity contribution in [2.45, 2.75) is 18.4 Å². The lowest BCUT2D eigenvalue weighted by Crippen LogP contribution is -2.04. The van der Waals surface area contributed by atoms with E-state index < -0.39 is 17.5 Å². The van der Waals surface area contributed by atoms with Crippen LogP contribution in [-0.4, -0.2) is 19.0 Å². The molecule has 5 nitrogen and oxygen atoms in total. The number of benzene rings is 1. The molecule has 116 valence electrons. The number of nitrogens with zero attached hydrogens (tertiary/aromatic N) is 2. The Morgan fingerprint density at radius 1 is 1.45 bits per heavy atom. The van der Waals surface area contributed by atoms with E-state index in [1.165, 1.54) is 0 Å². The van der Waals surface area contributed by atoms with E-state index in [0.29, 0.717) is 26.0 Å². The second-order valence-corrected chi connectivity index (χ2v) is 6.22. The number of rotatable bonds is 4. The number of H-pyrrole nitrogens is 1. The Balaban J connectivity index is 1.90. The number of aryl methyl sites for hydroxylation is 1. The molecular formula is C13H11ClF2N4OS. The second-order valence-electron chi connectivity index (χ2n) is 4.60. The highest BCUT2D eigenvalue weighted by Crippen LogP contribution is 2.26. The van der Waals surface area contributed by atoms with Gasteiger partial charge in [-0.2, -0.15) is 13.9 Å². The molecule has 2 heterocycles. The maximum absolute atomic E-state index is 12.6. The van der Waals surface area contributed by atoms with Crippen LogP contribution in [0.3, 0.4) is 0 Å². The van der Waals surface area contributed by atoms with Gasteiger partial charge in [0.25, 0.3) is 0 Å². The summed E-state index contributed by atoms with van der Waals surface area (Å²) in [6.45, 7) is -1.18. The maximum atomic E-state index is 12.6. The molecule has 0 radical (unpaired) electrons. The van der Waals surface area contributed by atoms with Crippen molar-refractivity contribution >= 4 is 39.2 Å². The summed E-state index contributed by atoms with van der Waals surface area (Å²) in [4.78, 5) is 3.49. The molecule has 0 aliphatic heterocycles. The number of aromatic amines is 1. The number of halogens is 3. The van der Waals surface area contributed by atoms with Crippen LogP contribution in [0, 0.1) is 6.92 Å². The molecule has 3 rings (SSSR count). The van der Waals surface area contributed by atoms with Crippen LogP contribution in [0.2, 0.25) is 5.02 Å². The van der Waals surface area contributed by atoms with Crippen molar-refractivity contribution in [2.24, 2.45) is 0 Å². The quantitative estimate of drug-likeness (QED) is 0.755. The van der Waals surface area contributed by atoms with Crippen LogP contribution in [0.1, 0.15) is 12.2 Å². The third-order valence-electron chi connectivity index (χ3n) is 3.12. The predicted molar refractivity (Wildman–Crippen MR) is 81.6 cm³/mol. The zero-order valence-corrected chi connectivity index (χ0v) is 12.9. The number of fused-ring (bicyclic) bond motifs is 1. The molecule has 9 heteroatoms. The summed E-state index contributed by atoms with van der Waals surface area (Å²) >= 11 is 5.90. The largest absolute Gasteiger partial charge is 0.360 e. The molecule has 0 amide bonds. The van der Waals surface area contributed by atoms with Gasteiger partial charge in [0.15, 0.2) is 11.0 Å². The van der Waals surface area contributed by atoms with Crippen LogP contribution >= 0.6 is 11.6 Å². The molecule has 1 aromatic carbocycles. The van der Waals surface area contributed by atoms with E-state index in [2.05, 4.69) is 14.8 Å². The van der Waals surface area contributed by atoms with Gasteiger partial charge in [0.2, 0.25) is 0 Å². The topological polar surface area (TPSA) is 62.7 Å². The minimum absolute atomic E-state index is 0.293. The second kappa shape index (κ2) is 5.69. The number of anilines is 1. The molecule has 2 N–H and O–H groups in total. The summed E-state index contributed by atoms with van der Waals surface area (Å²) in [6, 6.07) is 5.16. The van der Waals surface area contributed by atoms with Crippen molar-refractivity contribution < 1.29 is 13.0 Å². The average Bonchev–Trinajstić information content (AvgIpc) is 3.02. The van der Waals surface area contributed by atoms with E-state index in [9.17, 15) is 13.0 Å². The Kier molecular flexibility index (Phi) is 3.88. The number of alkyl halides is 2. The first kappa shape index (κ1) is 15.0. The highest BCUT2D eigenvalue weighted by atomic mass is 35.5. The van der Waals surface area contributed by atoms with E-state index in [1.54, 1.807) is 31.3 Å². The number of nitrogens with one attached hydrogen (secondary N) is 2. The van der Waals surface area contributed by atoms with Crippen LogP contribution in [-0.2, 0) is 11.0 Å². The van der Waals surface area contributed by atoms with Crippen LogP contribution < -0.4 is 4.72 Å². The smallest absolute Gasteiger partial charge is 0.333 e. The molecule has 22 heavy (non-hydrogen) atoms. The van der Waals surface area contributed by atoms with Crippen molar-refractivity contribution in [3.8, 4) is 0 Å². The minimum Gasteiger partial charge on any atom is -0.360 e. The van der Waals surface area contributed by atoms with Crippen LogP contribution in [0.15, 0.2) is 35.5 Å². The molecule has 3 aromatic rings. The highest BCUT2D eigenvalue weighted by molar-refractivity contribution is 7.86. The molecule has 0 aliphatic carbocycles. The van der Waals surface area contributed by atoms with Crippen molar-refractivity contribution in [1.29, 1.82) is 0 Å². The van der Waals surface area contributed by atoms with E-state index in [1.807, 2.05) is 0 Å². The van der Waals surface area contributed by atoms with Crippen molar-refractivity contribution in [2.75, 3.05) is 4.72 Å². The highest BCUT2D eigenvalue weighted by Gasteiger charge is 2.16. The molecule has 1 unspecified atom stereocenters. The summed E-state index contributed by atoms with van der Waals surface area (Å²) in [6.07, 6.45) is 2.72. The lowest BCUT2D eigenvalue weighted by atomic mass is 10.2. The van der Waals surface area contributed by atoms with Gasteiger partial charge in [-0.25, -0.2) is 8.89 Å². The van der Waals surface area contributed by atoms with Crippen molar-refractivity contribution in [3.63, 3.8) is 0 Å². The molecule has 0 fully saturated rings. The fraction of sp³-hybridized carbons (Fsp3) is 0.154. The third kappa shape index (κ3) is 2.71. The lowest BCUT2D eigenvalue weighted by Gasteiger charge is -2.03. The summed E-state index contributed by atoms with van der Waals surface area (Å²) in [7, 11) is -1.62. The van der Waals surface area contributed by atoms with Crippen LogP contribution in [0.25, 0.3) is 10.9 Å². The Hall–Kier alpha value is -1.93. The Bertz CT molecular complexity index is 861. The Morgan fingerprint density at radius 3 is 2.91 bits per heavy atom. The fourth-order valence-corrected chi connectivity index (χ4v) is 3.29. The molecule has 0 aliphatic rings. The molecule has 2 aromatic heterocycles. The SMILES string of the molecule is Cc1nn(C(F)F)cc1NS(=O)c1c[nH]c2cc(Cl)ccc12. The number of hydrogen-bond acceptors (Lipinski definition) is 2. The lowest BCUT2D eigenvalue weighted by molar-refractivity contribution is 0.0563. The average molecular weight is 345 g/mol. The van der Waals surface area contributed by atoms with Gasteiger partial charge in [-0.3, -0.25) is 4.72 Å². The van der Waals surface area contributed by atoms with E-state index >= 15 is 0 Å². The summed E-state index contributed by atoms with van der Waals surface area (Å²) < 4.78 is 40.8. The van der Waals surface area contributed by atoms with Gasteiger partial charge in [0.1, 0.15) is 0 Å². The van der Waals surface area contributed by atoms with Gasteiger partial charge in [-0.1, -0.05) is 17.7 Å². The zero-order chi connectivity index (χ0) is 15.9. The molecule has 0 saturated carbocycles. The van der Waals surface area contributed by atoms with Gasteiger partial charge in [0.05, 0.1) is 22.5 Å². The van der Waals surface area contributed by atoms with Gasteiger partial charge in [-0.05, 0) is 19.1 Å². The Labute approximate surface area is 131 Å². The zero-order valence-electron chi connectivity index (χ0n) is 11.3. The molecule has 0 saturated heterocycles. The Morgan fingerprint density at radius 2 is 2.23 bits per heavy atom. The molecular weight excluding hydrogens is 334 g/mol. The molecule has 0 spiro atoms. The monoisotopic (exact) mass is 344 g/mol. The number of hydrogen-bond donors (Lipinski definition) is 2. The van der Waals surface area contributed by atoms with E-state index in [-0.39, 0.29) is 0 Å². The fourth-order valence-electron chi connectivity index (χ4n) is 2.06. The van der Waals surface area contributed by atoms with E-state index in [4.69, 9.17) is 11.6 Å². The normalized spacial score (nSPS) is 13.0.